The predicted octanol–water partition coefficient (Wildman–Crippen LogP) is 4.09. The van der Waals surface area contributed by atoms with Crippen LogP contribution in [-0.4, -0.2) is 72.1 Å². The van der Waals surface area contributed by atoms with Gasteiger partial charge in [-0.05, 0) is 19.3 Å². The number of carbonyl (C=O) groups is 3. The number of carbonyl (C=O) groups excluding carboxylic acids is 2. The van der Waals surface area contributed by atoms with E-state index in [-0.39, 0.29) is 51.0 Å². The van der Waals surface area contributed by atoms with Crippen molar-refractivity contribution in [2.45, 2.75) is 128 Å². The fraction of sp³-hybridized carbons (Fsp3) is 0.893. The number of aliphatic carboxylic acids is 1. The van der Waals surface area contributed by atoms with Crippen LogP contribution >= 0.6 is 0 Å². The topological polar surface area (TPSA) is 145 Å². The van der Waals surface area contributed by atoms with Crippen LogP contribution in [0.2, 0.25) is 0 Å². The summed E-state index contributed by atoms with van der Waals surface area (Å²) in [5.41, 5.74) is 0. The lowest BCUT2D eigenvalue weighted by Crippen LogP contribution is -2.41. The third kappa shape index (κ3) is 25.7. The van der Waals surface area contributed by atoms with Gasteiger partial charge in [-0.2, -0.15) is 0 Å². The number of hydrogen-bond donors (Lipinski definition) is 5. The number of ether oxygens (including phenoxy) is 1. The Labute approximate surface area is 224 Å². The lowest BCUT2D eigenvalue weighted by atomic mass is 10.0. The molecule has 0 rings (SSSR count). The number of carboxylic acids is 1. The Balaban J connectivity index is 3.60. The van der Waals surface area contributed by atoms with E-state index in [1.807, 2.05) is 0 Å². The van der Waals surface area contributed by atoms with Crippen LogP contribution in [0, 0.1) is 0 Å². The van der Waals surface area contributed by atoms with Crippen molar-refractivity contribution in [1.82, 2.24) is 10.6 Å². The standard InChI is InChI=1S/C28H54N2O7/c31-21-16-14-12-10-8-6-4-2-1-3-5-7-9-11-13-15-17-27(34)30-25(28(35)36)18-19-26(33)29-20-23-37-24-22-32/h25,31-32H,1-24H2,(H,29,33)(H,30,34)(H,35,36)/t25-/m0/s1. The maximum Gasteiger partial charge on any atom is 0.326 e. The van der Waals surface area contributed by atoms with Gasteiger partial charge in [0.15, 0.2) is 0 Å². The minimum atomic E-state index is -1.14. The zero-order valence-corrected chi connectivity index (χ0v) is 23.0. The van der Waals surface area contributed by atoms with E-state index in [0.717, 1.165) is 32.1 Å². The molecule has 9 nitrogen and oxygen atoms in total. The second-order valence-corrected chi connectivity index (χ2v) is 9.81. The molecule has 0 heterocycles. The fourth-order valence-corrected chi connectivity index (χ4v) is 4.19. The van der Waals surface area contributed by atoms with Gasteiger partial charge in [0, 0.05) is 26.0 Å². The Morgan fingerprint density at radius 1 is 0.595 bits per heavy atom. The average molecular weight is 531 g/mol. The van der Waals surface area contributed by atoms with Gasteiger partial charge in [-0.1, -0.05) is 89.9 Å². The van der Waals surface area contributed by atoms with Crippen LogP contribution in [-0.2, 0) is 19.1 Å². The van der Waals surface area contributed by atoms with Crippen molar-refractivity contribution in [3.05, 3.63) is 0 Å². The molecule has 0 aromatic heterocycles. The highest BCUT2D eigenvalue weighted by molar-refractivity contribution is 5.84. The second-order valence-electron chi connectivity index (χ2n) is 9.81. The molecule has 0 aliphatic heterocycles. The van der Waals surface area contributed by atoms with Gasteiger partial charge < -0.3 is 30.7 Å². The monoisotopic (exact) mass is 530 g/mol. The summed E-state index contributed by atoms with van der Waals surface area (Å²) in [7, 11) is 0. The van der Waals surface area contributed by atoms with Crippen LogP contribution in [0.5, 0.6) is 0 Å². The summed E-state index contributed by atoms with van der Waals surface area (Å²) in [6, 6.07) is -1.07. The summed E-state index contributed by atoms with van der Waals surface area (Å²) in [5, 5.41) is 31.8. The Kier molecular flexibility index (Phi) is 26.1. The highest BCUT2D eigenvalue weighted by Crippen LogP contribution is 2.14. The van der Waals surface area contributed by atoms with Crippen molar-refractivity contribution in [3.63, 3.8) is 0 Å². The molecule has 0 fully saturated rings. The quantitative estimate of drug-likeness (QED) is 0.0958. The first-order valence-corrected chi connectivity index (χ1v) is 14.6. The zero-order valence-electron chi connectivity index (χ0n) is 23.0. The molecule has 0 saturated carbocycles. The van der Waals surface area contributed by atoms with Gasteiger partial charge >= 0.3 is 5.97 Å². The summed E-state index contributed by atoms with van der Waals surface area (Å²) in [5.74, 6) is -1.72. The van der Waals surface area contributed by atoms with Crippen molar-refractivity contribution in [2.24, 2.45) is 0 Å². The highest BCUT2D eigenvalue weighted by Gasteiger charge is 2.20. The molecule has 0 bridgehead atoms. The van der Waals surface area contributed by atoms with E-state index in [9.17, 15) is 19.5 Å². The first-order chi connectivity index (χ1) is 18.0. The van der Waals surface area contributed by atoms with Crippen LogP contribution in [0.1, 0.15) is 122 Å². The summed E-state index contributed by atoms with van der Waals surface area (Å²) >= 11 is 0. The minimum Gasteiger partial charge on any atom is -0.480 e. The number of carboxylic acid groups (broad SMARTS) is 1. The Bertz CT molecular complexity index is 561. The van der Waals surface area contributed by atoms with Crippen LogP contribution in [0.15, 0.2) is 0 Å². The Morgan fingerprint density at radius 2 is 1.08 bits per heavy atom. The molecule has 2 amide bonds. The molecule has 0 radical (unpaired) electrons. The lowest BCUT2D eigenvalue weighted by Gasteiger charge is -2.14. The summed E-state index contributed by atoms with van der Waals surface area (Å²) in [6.07, 6.45) is 19.4. The van der Waals surface area contributed by atoms with Crippen molar-refractivity contribution in [1.29, 1.82) is 0 Å². The summed E-state index contributed by atoms with van der Waals surface area (Å²) in [4.78, 5) is 35.3. The van der Waals surface area contributed by atoms with E-state index in [2.05, 4.69) is 10.6 Å². The molecule has 0 aliphatic carbocycles. The average Bonchev–Trinajstić information content (AvgIpc) is 2.88. The van der Waals surface area contributed by atoms with Gasteiger partial charge in [0.25, 0.3) is 0 Å². The maximum absolute atomic E-state index is 12.1. The van der Waals surface area contributed by atoms with Crippen molar-refractivity contribution >= 4 is 17.8 Å². The van der Waals surface area contributed by atoms with Crippen molar-refractivity contribution < 1.29 is 34.4 Å². The number of hydrogen-bond acceptors (Lipinski definition) is 6. The van der Waals surface area contributed by atoms with E-state index < -0.39 is 12.0 Å². The van der Waals surface area contributed by atoms with Gasteiger partial charge in [-0.15, -0.1) is 0 Å². The summed E-state index contributed by atoms with van der Waals surface area (Å²) < 4.78 is 5.04. The summed E-state index contributed by atoms with van der Waals surface area (Å²) in [6.45, 7) is 1.01. The SMILES string of the molecule is O=C(CC[C@H](NC(=O)CCCCCCCCCCCCCCCCCCO)C(=O)O)NCCOCCO. The number of rotatable bonds is 28. The van der Waals surface area contributed by atoms with Crippen LogP contribution < -0.4 is 10.6 Å². The molecule has 0 aromatic carbocycles. The lowest BCUT2D eigenvalue weighted by molar-refractivity contribution is -0.142. The predicted molar refractivity (Wildman–Crippen MR) is 145 cm³/mol. The first kappa shape index (κ1) is 35.3. The van der Waals surface area contributed by atoms with Gasteiger partial charge in [-0.25, -0.2) is 4.79 Å². The third-order valence-corrected chi connectivity index (χ3v) is 6.41. The van der Waals surface area contributed by atoms with Gasteiger partial charge in [0.2, 0.25) is 11.8 Å². The molecule has 0 saturated heterocycles. The van der Waals surface area contributed by atoms with E-state index >= 15 is 0 Å². The molecular weight excluding hydrogens is 476 g/mol. The number of unbranched alkanes of at least 4 members (excludes halogenated alkanes) is 15. The molecule has 0 aliphatic rings. The molecular formula is C28H54N2O7. The first-order valence-electron chi connectivity index (χ1n) is 14.6. The van der Waals surface area contributed by atoms with Crippen LogP contribution in [0.4, 0.5) is 0 Å². The van der Waals surface area contributed by atoms with Crippen molar-refractivity contribution in [2.75, 3.05) is 33.0 Å². The Hall–Kier alpha value is -1.71. The molecule has 0 spiro atoms. The smallest absolute Gasteiger partial charge is 0.326 e. The zero-order chi connectivity index (χ0) is 27.4. The highest BCUT2D eigenvalue weighted by atomic mass is 16.5. The van der Waals surface area contributed by atoms with Gasteiger partial charge in [0.1, 0.15) is 6.04 Å². The van der Waals surface area contributed by atoms with E-state index in [1.165, 1.54) is 70.6 Å². The largest absolute Gasteiger partial charge is 0.480 e. The molecule has 1 atom stereocenters. The second kappa shape index (κ2) is 27.3. The number of aliphatic hydroxyl groups is 2. The molecule has 9 heteroatoms. The van der Waals surface area contributed by atoms with E-state index in [0.29, 0.717) is 13.0 Å². The number of amides is 2. The minimum absolute atomic E-state index is 0.00334. The Morgan fingerprint density at radius 3 is 1.54 bits per heavy atom. The molecule has 0 unspecified atom stereocenters. The molecule has 0 aromatic rings. The third-order valence-electron chi connectivity index (χ3n) is 6.41. The maximum atomic E-state index is 12.1. The number of aliphatic hydroxyl groups excluding tert-OH is 2. The van der Waals surface area contributed by atoms with Crippen LogP contribution in [0.25, 0.3) is 0 Å². The van der Waals surface area contributed by atoms with Gasteiger partial charge in [0.05, 0.1) is 19.8 Å². The van der Waals surface area contributed by atoms with E-state index in [1.54, 1.807) is 0 Å². The fourth-order valence-electron chi connectivity index (χ4n) is 4.19. The van der Waals surface area contributed by atoms with Crippen molar-refractivity contribution in [3.8, 4) is 0 Å². The molecule has 218 valence electrons. The molecule has 5 N–H and O–H groups in total. The molecule has 37 heavy (non-hydrogen) atoms. The van der Waals surface area contributed by atoms with E-state index in [4.69, 9.17) is 14.9 Å². The number of nitrogens with one attached hydrogen (secondary N) is 2. The normalized spacial score (nSPS) is 11.8. The van der Waals surface area contributed by atoms with Crippen LogP contribution in [0.3, 0.4) is 0 Å². The van der Waals surface area contributed by atoms with Gasteiger partial charge in [-0.3, -0.25) is 9.59 Å².